The first-order valence-corrected chi connectivity index (χ1v) is 11.3. The van der Waals surface area contributed by atoms with Crippen molar-refractivity contribution in [2.45, 2.75) is 4.90 Å². The molecule has 4 aromatic carbocycles. The Labute approximate surface area is 183 Å². The van der Waals surface area contributed by atoms with Crippen LogP contribution in [-0.4, -0.2) is 5.12 Å². The van der Waals surface area contributed by atoms with Crippen LogP contribution in [-0.2, 0) is 4.79 Å². The SMILES string of the molecule is C=CC(=O)Sc1c(-c2ccccc2)cc(-c2ccccc2)c2c1sc1ccccc12. The van der Waals surface area contributed by atoms with Crippen LogP contribution in [0.1, 0.15) is 0 Å². The number of fused-ring (bicyclic) bond motifs is 3. The van der Waals surface area contributed by atoms with E-state index < -0.39 is 0 Å². The van der Waals surface area contributed by atoms with E-state index in [0.29, 0.717) is 0 Å². The molecule has 30 heavy (non-hydrogen) atoms. The summed E-state index contributed by atoms with van der Waals surface area (Å²) in [7, 11) is 0. The predicted molar refractivity (Wildman–Crippen MR) is 131 cm³/mol. The number of benzene rings is 4. The molecule has 0 spiro atoms. The fourth-order valence-corrected chi connectivity index (χ4v) is 5.99. The van der Waals surface area contributed by atoms with Crippen molar-refractivity contribution in [2.24, 2.45) is 0 Å². The van der Waals surface area contributed by atoms with Gasteiger partial charge in [-0.25, -0.2) is 0 Å². The van der Waals surface area contributed by atoms with Gasteiger partial charge in [0.2, 0.25) is 5.12 Å². The molecular formula is C27H18OS2. The average Bonchev–Trinajstić information content (AvgIpc) is 3.20. The number of hydrogen-bond donors (Lipinski definition) is 0. The van der Waals surface area contributed by atoms with Gasteiger partial charge in [-0.05, 0) is 52.2 Å². The van der Waals surface area contributed by atoms with E-state index in [4.69, 9.17) is 0 Å². The summed E-state index contributed by atoms with van der Waals surface area (Å²) in [6.45, 7) is 3.68. The normalized spacial score (nSPS) is 11.1. The standard InChI is InChI=1S/C27H18OS2/c1-2-24(28)30-26-22(19-13-7-4-8-14-19)17-21(18-11-5-3-6-12-18)25-20-15-9-10-16-23(20)29-27(25)26/h2-17H,1H2. The summed E-state index contributed by atoms with van der Waals surface area (Å²) in [6.07, 6.45) is 1.39. The van der Waals surface area contributed by atoms with Gasteiger partial charge in [0, 0.05) is 20.4 Å². The van der Waals surface area contributed by atoms with Gasteiger partial charge in [-0.1, -0.05) is 85.4 Å². The second kappa shape index (κ2) is 7.94. The minimum Gasteiger partial charge on any atom is -0.282 e. The zero-order chi connectivity index (χ0) is 20.5. The second-order valence-electron chi connectivity index (χ2n) is 6.96. The van der Waals surface area contributed by atoms with E-state index in [-0.39, 0.29) is 5.12 Å². The molecule has 144 valence electrons. The Hall–Kier alpha value is -3.14. The van der Waals surface area contributed by atoms with Gasteiger partial charge in [-0.3, -0.25) is 4.79 Å². The van der Waals surface area contributed by atoms with Crippen LogP contribution in [0.4, 0.5) is 0 Å². The lowest BCUT2D eigenvalue weighted by Gasteiger charge is -2.14. The highest BCUT2D eigenvalue weighted by Gasteiger charge is 2.20. The minimum absolute atomic E-state index is 0.0431. The van der Waals surface area contributed by atoms with Crippen molar-refractivity contribution in [1.82, 2.24) is 0 Å². The minimum atomic E-state index is -0.0431. The quantitative estimate of drug-likeness (QED) is 0.214. The summed E-state index contributed by atoms with van der Waals surface area (Å²) in [4.78, 5) is 13.4. The summed E-state index contributed by atoms with van der Waals surface area (Å²) in [6, 6.07) is 31.5. The maximum atomic E-state index is 12.4. The molecule has 0 atom stereocenters. The molecule has 0 fully saturated rings. The van der Waals surface area contributed by atoms with E-state index in [0.717, 1.165) is 20.7 Å². The van der Waals surface area contributed by atoms with E-state index >= 15 is 0 Å². The molecule has 0 aliphatic rings. The van der Waals surface area contributed by atoms with Crippen LogP contribution in [0.3, 0.4) is 0 Å². The molecule has 0 radical (unpaired) electrons. The monoisotopic (exact) mass is 422 g/mol. The number of hydrogen-bond acceptors (Lipinski definition) is 3. The molecular weight excluding hydrogens is 404 g/mol. The number of carbonyl (C=O) groups excluding carboxylic acids is 1. The van der Waals surface area contributed by atoms with Crippen LogP contribution < -0.4 is 0 Å². The average molecular weight is 423 g/mol. The fourth-order valence-electron chi connectivity index (χ4n) is 3.80. The van der Waals surface area contributed by atoms with Crippen LogP contribution in [0, 0.1) is 0 Å². The van der Waals surface area contributed by atoms with Gasteiger partial charge in [0.25, 0.3) is 0 Å². The molecule has 5 aromatic rings. The second-order valence-corrected chi connectivity index (χ2v) is 9.03. The number of carbonyl (C=O) groups is 1. The van der Waals surface area contributed by atoms with Crippen molar-refractivity contribution in [3.63, 3.8) is 0 Å². The highest BCUT2D eigenvalue weighted by atomic mass is 32.2. The molecule has 0 saturated heterocycles. The molecule has 5 rings (SSSR count). The first-order chi connectivity index (χ1) is 14.8. The lowest BCUT2D eigenvalue weighted by molar-refractivity contribution is -0.107. The van der Waals surface area contributed by atoms with E-state index in [1.807, 2.05) is 24.3 Å². The van der Waals surface area contributed by atoms with Crippen molar-refractivity contribution in [2.75, 3.05) is 0 Å². The number of thioether (sulfide) groups is 1. The topological polar surface area (TPSA) is 17.1 Å². The van der Waals surface area contributed by atoms with Gasteiger partial charge in [0.05, 0.1) is 4.70 Å². The predicted octanol–water partition coefficient (Wildman–Crippen LogP) is 8.19. The van der Waals surface area contributed by atoms with Crippen LogP contribution in [0.15, 0.2) is 109 Å². The summed E-state index contributed by atoms with van der Waals surface area (Å²) in [5, 5.41) is 2.39. The van der Waals surface area contributed by atoms with Gasteiger partial charge in [-0.2, -0.15) is 0 Å². The van der Waals surface area contributed by atoms with Crippen LogP contribution in [0.5, 0.6) is 0 Å². The molecule has 1 nitrogen and oxygen atoms in total. The van der Waals surface area contributed by atoms with E-state index in [1.54, 1.807) is 11.3 Å². The number of thiophene rings is 1. The molecule has 0 aliphatic heterocycles. The van der Waals surface area contributed by atoms with E-state index in [1.165, 1.54) is 44.4 Å². The summed E-state index contributed by atoms with van der Waals surface area (Å²) in [5.74, 6) is 0. The summed E-state index contributed by atoms with van der Waals surface area (Å²) >= 11 is 3.02. The highest BCUT2D eigenvalue weighted by Crippen LogP contribution is 2.48. The third-order valence-corrected chi connectivity index (χ3v) is 7.46. The van der Waals surface area contributed by atoms with Crippen molar-refractivity contribution < 1.29 is 4.79 Å². The molecule has 0 N–H and O–H groups in total. The van der Waals surface area contributed by atoms with Gasteiger partial charge in [0.15, 0.2) is 0 Å². The Morgan fingerprint density at radius 2 is 1.40 bits per heavy atom. The third-order valence-electron chi connectivity index (χ3n) is 5.14. The van der Waals surface area contributed by atoms with Crippen molar-refractivity contribution in [3.8, 4) is 22.3 Å². The number of rotatable bonds is 4. The van der Waals surface area contributed by atoms with Crippen molar-refractivity contribution >= 4 is 48.4 Å². The molecule has 0 saturated carbocycles. The molecule has 0 unspecified atom stereocenters. The Kier molecular flexibility index (Phi) is 4.99. The van der Waals surface area contributed by atoms with Crippen LogP contribution >= 0.6 is 23.1 Å². The van der Waals surface area contributed by atoms with Gasteiger partial charge >= 0.3 is 0 Å². The molecule has 0 bridgehead atoms. The zero-order valence-electron chi connectivity index (χ0n) is 16.2. The largest absolute Gasteiger partial charge is 0.282 e. The molecule has 0 amide bonds. The van der Waals surface area contributed by atoms with Gasteiger partial charge in [0.1, 0.15) is 0 Å². The Morgan fingerprint density at radius 3 is 2.07 bits per heavy atom. The zero-order valence-corrected chi connectivity index (χ0v) is 17.8. The van der Waals surface area contributed by atoms with Crippen molar-refractivity contribution in [3.05, 3.63) is 104 Å². The third kappa shape index (κ3) is 3.26. The smallest absolute Gasteiger partial charge is 0.216 e. The molecule has 0 aliphatic carbocycles. The van der Waals surface area contributed by atoms with Gasteiger partial charge in [-0.15, -0.1) is 11.3 Å². The summed E-state index contributed by atoms with van der Waals surface area (Å²) < 4.78 is 2.37. The molecule has 1 aromatic heterocycles. The maximum absolute atomic E-state index is 12.4. The molecule has 1 heterocycles. The molecule has 3 heteroatoms. The Balaban J connectivity index is 1.95. The van der Waals surface area contributed by atoms with E-state index in [2.05, 4.69) is 73.3 Å². The Bertz CT molecular complexity index is 1380. The lowest BCUT2D eigenvalue weighted by atomic mass is 9.94. The van der Waals surface area contributed by atoms with Crippen LogP contribution in [0.25, 0.3) is 42.4 Å². The van der Waals surface area contributed by atoms with Gasteiger partial charge < -0.3 is 0 Å². The first-order valence-electron chi connectivity index (χ1n) is 9.69. The highest BCUT2D eigenvalue weighted by molar-refractivity contribution is 8.14. The van der Waals surface area contributed by atoms with Crippen molar-refractivity contribution in [1.29, 1.82) is 0 Å². The van der Waals surface area contributed by atoms with Crippen LogP contribution in [0.2, 0.25) is 0 Å². The fraction of sp³-hybridized carbons (Fsp3) is 0. The van der Waals surface area contributed by atoms with E-state index in [9.17, 15) is 4.79 Å². The Morgan fingerprint density at radius 1 is 0.800 bits per heavy atom. The maximum Gasteiger partial charge on any atom is 0.216 e. The summed E-state index contributed by atoms with van der Waals surface area (Å²) in [5.41, 5.74) is 4.55. The lowest BCUT2D eigenvalue weighted by Crippen LogP contribution is -1.91. The first kappa shape index (κ1) is 18.9.